The maximum absolute atomic E-state index is 13.1. The van der Waals surface area contributed by atoms with E-state index in [1.807, 2.05) is 12.1 Å². The molecule has 7 nitrogen and oxygen atoms in total. The lowest BCUT2D eigenvalue weighted by Crippen LogP contribution is -2.48. The summed E-state index contributed by atoms with van der Waals surface area (Å²) in [5, 5.41) is 3.20. The van der Waals surface area contributed by atoms with Gasteiger partial charge in [0.25, 0.3) is 5.91 Å². The van der Waals surface area contributed by atoms with E-state index in [0.29, 0.717) is 51.3 Å². The highest BCUT2D eigenvalue weighted by Crippen LogP contribution is 2.40. The van der Waals surface area contributed by atoms with Gasteiger partial charge in [-0.3, -0.25) is 9.59 Å². The van der Waals surface area contributed by atoms with Crippen molar-refractivity contribution >= 4 is 11.8 Å². The van der Waals surface area contributed by atoms with Crippen molar-refractivity contribution in [2.24, 2.45) is 5.92 Å². The van der Waals surface area contributed by atoms with Crippen LogP contribution >= 0.6 is 0 Å². The monoisotopic (exact) mass is 468 g/mol. The Balaban J connectivity index is 1.19. The highest BCUT2D eigenvalue weighted by atomic mass is 19.1. The Morgan fingerprint density at radius 3 is 2.44 bits per heavy atom. The van der Waals surface area contributed by atoms with Gasteiger partial charge < -0.3 is 24.4 Å². The molecular weight excluding hydrogens is 439 g/mol. The fourth-order valence-corrected chi connectivity index (χ4v) is 5.08. The van der Waals surface area contributed by atoms with Crippen molar-refractivity contribution in [1.82, 2.24) is 10.2 Å². The van der Waals surface area contributed by atoms with Crippen molar-refractivity contribution in [3.63, 3.8) is 0 Å². The molecular formula is C26H29FN2O5. The van der Waals surface area contributed by atoms with Crippen LogP contribution < -0.4 is 14.8 Å². The van der Waals surface area contributed by atoms with Gasteiger partial charge in [0.15, 0.2) is 11.5 Å². The number of ether oxygens (including phenoxy) is 3. The molecule has 0 spiro atoms. The van der Waals surface area contributed by atoms with Crippen LogP contribution in [0.1, 0.15) is 41.6 Å². The SMILES string of the molecule is O=C(NCC1(c2ccc3c(c2)OCO3)CCOCC1)C1CCN(C(=O)c2ccc(F)cc2)CC1. The molecule has 8 heteroatoms. The van der Waals surface area contributed by atoms with Gasteiger partial charge >= 0.3 is 0 Å². The minimum absolute atomic E-state index is 0.0282. The first-order chi connectivity index (χ1) is 16.5. The molecule has 1 N–H and O–H groups in total. The van der Waals surface area contributed by atoms with Crippen LogP contribution in [0.25, 0.3) is 0 Å². The normalized spacial score (nSPS) is 19.6. The van der Waals surface area contributed by atoms with Crippen LogP contribution in [0.5, 0.6) is 11.5 Å². The second-order valence-corrected chi connectivity index (χ2v) is 9.25. The van der Waals surface area contributed by atoms with Crippen LogP contribution in [0.4, 0.5) is 4.39 Å². The van der Waals surface area contributed by atoms with E-state index in [1.165, 1.54) is 24.3 Å². The fraction of sp³-hybridized carbons (Fsp3) is 0.462. The lowest BCUT2D eigenvalue weighted by atomic mass is 9.74. The number of likely N-dealkylation sites (tertiary alicyclic amines) is 1. The summed E-state index contributed by atoms with van der Waals surface area (Å²) in [6, 6.07) is 11.6. The first kappa shape index (κ1) is 22.7. The molecule has 0 unspecified atom stereocenters. The van der Waals surface area contributed by atoms with Crippen LogP contribution in [-0.4, -0.2) is 56.4 Å². The molecule has 0 radical (unpaired) electrons. The zero-order chi connectivity index (χ0) is 23.5. The summed E-state index contributed by atoms with van der Waals surface area (Å²) in [5.41, 5.74) is 1.38. The highest BCUT2D eigenvalue weighted by Gasteiger charge is 2.37. The third kappa shape index (κ3) is 4.59. The summed E-state index contributed by atoms with van der Waals surface area (Å²) >= 11 is 0. The summed E-state index contributed by atoms with van der Waals surface area (Å²) in [6.45, 7) is 3.07. The number of hydrogen-bond donors (Lipinski definition) is 1. The van der Waals surface area contributed by atoms with Crippen LogP contribution in [0.15, 0.2) is 42.5 Å². The Kier molecular flexibility index (Phi) is 6.41. The summed E-state index contributed by atoms with van der Waals surface area (Å²) in [4.78, 5) is 27.5. The third-order valence-corrected chi connectivity index (χ3v) is 7.28. The predicted octanol–water partition coefficient (Wildman–Crippen LogP) is 3.27. The molecule has 0 aliphatic carbocycles. The second kappa shape index (κ2) is 9.62. The topological polar surface area (TPSA) is 77.1 Å². The maximum atomic E-state index is 13.1. The molecule has 0 atom stereocenters. The zero-order valence-electron chi connectivity index (χ0n) is 19.1. The van der Waals surface area contributed by atoms with Gasteiger partial charge in [0.2, 0.25) is 12.7 Å². The first-order valence-electron chi connectivity index (χ1n) is 11.8. The minimum Gasteiger partial charge on any atom is -0.454 e. The van der Waals surface area contributed by atoms with Crippen molar-refractivity contribution in [2.45, 2.75) is 31.1 Å². The number of carbonyl (C=O) groups excluding carboxylic acids is 2. The van der Waals surface area contributed by atoms with Crippen LogP contribution in [-0.2, 0) is 14.9 Å². The first-order valence-corrected chi connectivity index (χ1v) is 11.8. The minimum atomic E-state index is -0.366. The van der Waals surface area contributed by atoms with Gasteiger partial charge in [-0.1, -0.05) is 6.07 Å². The number of benzene rings is 2. The molecule has 2 aromatic rings. The van der Waals surface area contributed by atoms with E-state index in [-0.39, 0.29) is 35.8 Å². The van der Waals surface area contributed by atoms with Crippen LogP contribution in [0.2, 0.25) is 0 Å². The number of piperidine rings is 1. The molecule has 180 valence electrons. The van der Waals surface area contributed by atoms with E-state index in [9.17, 15) is 14.0 Å². The average Bonchev–Trinajstić information content (AvgIpc) is 3.36. The Labute approximate surface area is 198 Å². The standard InChI is InChI=1S/C26H29FN2O5/c27-21-4-1-19(2-5-21)25(31)29-11-7-18(8-12-29)24(30)28-16-26(9-13-32-14-10-26)20-3-6-22-23(15-20)34-17-33-22/h1-6,15,18H,7-14,16-17H2,(H,28,30). The summed E-state index contributed by atoms with van der Waals surface area (Å²) in [6.07, 6.45) is 2.85. The summed E-state index contributed by atoms with van der Waals surface area (Å²) in [5.74, 6) is 0.897. The van der Waals surface area contributed by atoms with E-state index < -0.39 is 0 Å². The van der Waals surface area contributed by atoms with Crippen molar-refractivity contribution < 1.29 is 28.2 Å². The molecule has 2 aromatic carbocycles. The van der Waals surface area contributed by atoms with Gasteiger partial charge in [-0.15, -0.1) is 0 Å². The smallest absolute Gasteiger partial charge is 0.253 e. The molecule has 0 aromatic heterocycles. The quantitative estimate of drug-likeness (QED) is 0.729. The van der Waals surface area contributed by atoms with E-state index in [1.54, 1.807) is 4.90 Å². The number of amides is 2. The van der Waals surface area contributed by atoms with Gasteiger partial charge in [-0.25, -0.2) is 4.39 Å². The Morgan fingerprint density at radius 1 is 1.00 bits per heavy atom. The lowest BCUT2D eigenvalue weighted by Gasteiger charge is -2.39. The maximum Gasteiger partial charge on any atom is 0.253 e. The molecule has 0 saturated carbocycles. The van der Waals surface area contributed by atoms with Gasteiger partial charge in [0, 0.05) is 49.7 Å². The Morgan fingerprint density at radius 2 is 1.71 bits per heavy atom. The molecule has 34 heavy (non-hydrogen) atoms. The molecule has 5 rings (SSSR count). The predicted molar refractivity (Wildman–Crippen MR) is 122 cm³/mol. The van der Waals surface area contributed by atoms with E-state index in [4.69, 9.17) is 14.2 Å². The number of nitrogens with zero attached hydrogens (tertiary/aromatic N) is 1. The number of hydrogen-bond acceptors (Lipinski definition) is 5. The molecule has 3 aliphatic rings. The lowest BCUT2D eigenvalue weighted by molar-refractivity contribution is -0.126. The number of halogens is 1. The molecule has 2 saturated heterocycles. The Bertz CT molecular complexity index is 1040. The largest absolute Gasteiger partial charge is 0.454 e. The van der Waals surface area contributed by atoms with Crippen molar-refractivity contribution in [1.29, 1.82) is 0 Å². The molecule has 3 heterocycles. The molecule has 3 aliphatic heterocycles. The Hall–Kier alpha value is -3.13. The van der Waals surface area contributed by atoms with Gasteiger partial charge in [0.05, 0.1) is 0 Å². The third-order valence-electron chi connectivity index (χ3n) is 7.28. The van der Waals surface area contributed by atoms with Crippen LogP contribution in [0, 0.1) is 11.7 Å². The second-order valence-electron chi connectivity index (χ2n) is 9.25. The van der Waals surface area contributed by atoms with Crippen molar-refractivity contribution in [2.75, 3.05) is 39.6 Å². The number of fused-ring (bicyclic) bond motifs is 1. The van der Waals surface area contributed by atoms with E-state index in [2.05, 4.69) is 11.4 Å². The summed E-state index contributed by atoms with van der Waals surface area (Å²) in [7, 11) is 0. The zero-order valence-corrected chi connectivity index (χ0v) is 19.1. The number of carbonyl (C=O) groups is 2. The average molecular weight is 469 g/mol. The van der Waals surface area contributed by atoms with Crippen molar-refractivity contribution in [3.8, 4) is 11.5 Å². The molecule has 2 amide bonds. The van der Waals surface area contributed by atoms with Gasteiger partial charge in [-0.2, -0.15) is 0 Å². The highest BCUT2D eigenvalue weighted by molar-refractivity contribution is 5.94. The number of rotatable bonds is 5. The number of nitrogens with one attached hydrogen (secondary N) is 1. The van der Waals surface area contributed by atoms with Crippen molar-refractivity contribution in [3.05, 3.63) is 59.4 Å². The molecule has 0 bridgehead atoms. The summed E-state index contributed by atoms with van der Waals surface area (Å²) < 4.78 is 29.8. The van der Waals surface area contributed by atoms with Gasteiger partial charge in [0.1, 0.15) is 5.82 Å². The van der Waals surface area contributed by atoms with E-state index in [0.717, 1.165) is 29.9 Å². The molecule has 2 fully saturated rings. The van der Waals surface area contributed by atoms with Gasteiger partial charge in [-0.05, 0) is 67.6 Å². The van der Waals surface area contributed by atoms with E-state index >= 15 is 0 Å². The van der Waals surface area contributed by atoms with Crippen LogP contribution in [0.3, 0.4) is 0 Å². The fourth-order valence-electron chi connectivity index (χ4n) is 5.08.